The Hall–Kier alpha value is -2.02. The van der Waals surface area contributed by atoms with Crippen molar-refractivity contribution in [1.29, 1.82) is 0 Å². The molecule has 0 aromatic carbocycles. The van der Waals surface area contributed by atoms with Crippen molar-refractivity contribution in [3.63, 3.8) is 0 Å². The van der Waals surface area contributed by atoms with Crippen LogP contribution in [0.2, 0.25) is 0 Å². The molecule has 0 amide bonds. The Kier molecular flexibility index (Phi) is 38.6. The number of ketones is 1. The quantitative estimate of drug-likeness (QED) is 0.0831. The van der Waals surface area contributed by atoms with E-state index in [0.717, 1.165) is 0 Å². The van der Waals surface area contributed by atoms with Crippen molar-refractivity contribution < 1.29 is 99.8 Å². The van der Waals surface area contributed by atoms with Gasteiger partial charge in [0.25, 0.3) is 5.97 Å². The van der Waals surface area contributed by atoms with Crippen LogP contribution in [-0.4, -0.2) is 55.6 Å². The molecule has 11 heteroatoms. The van der Waals surface area contributed by atoms with E-state index in [1.165, 1.54) is 20.5 Å². The molecule has 0 radical (unpaired) electrons. The fourth-order valence-corrected chi connectivity index (χ4v) is 1.78. The van der Waals surface area contributed by atoms with Crippen molar-refractivity contribution in [1.82, 2.24) is 0 Å². The van der Waals surface area contributed by atoms with Crippen LogP contribution >= 0.6 is 0 Å². The summed E-state index contributed by atoms with van der Waals surface area (Å²) in [5, 5.41) is 0. The normalized spacial score (nSPS) is 10.3. The number of methoxy groups -OCH3 is 2. The molecule has 0 saturated heterocycles. The molecule has 0 spiro atoms. The average Bonchev–Trinajstić information content (AvgIpc) is 2.84. The zero-order valence-corrected chi connectivity index (χ0v) is 27.6. The number of esters is 4. The van der Waals surface area contributed by atoms with Crippen LogP contribution in [-0.2, 0) is 43.0 Å². The third kappa shape index (κ3) is 38.2. The van der Waals surface area contributed by atoms with Gasteiger partial charge in [-0.3, -0.25) is 30.3 Å². The number of Topliss-reactive ketones (excluding diaryl/α,β-unsaturated/α-hetero) is 1. The second-order valence-electron chi connectivity index (χ2n) is 8.19. The molecule has 0 bridgehead atoms. The van der Waals surface area contributed by atoms with E-state index in [2.05, 4.69) is 9.47 Å². The molecular formula is C28H42KO10-. The Balaban J connectivity index is -0.000000154. The van der Waals surface area contributed by atoms with Crippen LogP contribution in [0.1, 0.15) is 73.1 Å². The topological polar surface area (TPSA) is 160 Å². The average molecular weight is 578 g/mol. The molecule has 0 aliphatic rings. The van der Waals surface area contributed by atoms with Gasteiger partial charge in [-0.2, -0.15) is 0 Å². The maximum atomic E-state index is 11.3. The van der Waals surface area contributed by atoms with Crippen molar-refractivity contribution in [3.8, 4) is 0 Å². The Bertz CT molecular complexity index is 819. The van der Waals surface area contributed by atoms with Gasteiger partial charge in [0.2, 0.25) is 0 Å². The minimum Gasteiger partial charge on any atom is -0.870 e. The summed E-state index contributed by atoms with van der Waals surface area (Å²) in [7, 11) is 2.50. The van der Waals surface area contributed by atoms with Crippen LogP contribution in [0.15, 0.2) is 48.6 Å². The monoisotopic (exact) mass is 577 g/mol. The fourth-order valence-electron chi connectivity index (χ4n) is 1.78. The number of hydrogen-bond donors (Lipinski definition) is 0. The Morgan fingerprint density at radius 3 is 1.56 bits per heavy atom. The number of allylic oxidation sites excluding steroid dienone is 8. The molecule has 0 rings (SSSR count). The van der Waals surface area contributed by atoms with Crippen molar-refractivity contribution >= 4 is 35.9 Å². The molecule has 39 heavy (non-hydrogen) atoms. The first-order valence-electron chi connectivity index (χ1n) is 11.7. The second kappa shape index (κ2) is 32.2. The first kappa shape index (κ1) is 46.8. The van der Waals surface area contributed by atoms with Crippen LogP contribution < -0.4 is 51.4 Å². The molecular weight excluding hydrogens is 535 g/mol. The SMILES string of the molecule is CC=CC=CCCC(=O)CC(=O)OC.CC=CC=CCCC(=O)OC(=O)C(C)(C)C.COC(=O)C[C-]=O.[K+].[OH-]. The number of carbonyl (C=O) groups is 5. The van der Waals surface area contributed by atoms with E-state index in [9.17, 15) is 28.8 Å². The van der Waals surface area contributed by atoms with E-state index < -0.39 is 29.3 Å². The maximum absolute atomic E-state index is 11.3. The molecule has 0 aromatic rings. The minimum absolute atomic E-state index is 0. The second-order valence-corrected chi connectivity index (χ2v) is 8.19. The molecule has 0 aliphatic carbocycles. The minimum atomic E-state index is -0.629. The smallest absolute Gasteiger partial charge is 0.870 e. The molecule has 0 aliphatic heterocycles. The third-order valence-electron chi connectivity index (χ3n) is 3.82. The summed E-state index contributed by atoms with van der Waals surface area (Å²) >= 11 is 0. The molecule has 216 valence electrons. The van der Waals surface area contributed by atoms with Gasteiger partial charge in [0.05, 0.1) is 19.6 Å². The van der Waals surface area contributed by atoms with Crippen molar-refractivity contribution in [3.05, 3.63) is 48.6 Å². The van der Waals surface area contributed by atoms with Gasteiger partial charge < -0.3 is 24.5 Å². The van der Waals surface area contributed by atoms with Crippen LogP contribution in [0.3, 0.4) is 0 Å². The number of ether oxygens (including phenoxy) is 3. The van der Waals surface area contributed by atoms with Gasteiger partial charge in [-0.25, -0.2) is 0 Å². The van der Waals surface area contributed by atoms with E-state index in [0.29, 0.717) is 19.3 Å². The van der Waals surface area contributed by atoms with Gasteiger partial charge in [-0.1, -0.05) is 55.0 Å². The predicted octanol–water partition coefficient (Wildman–Crippen LogP) is 1.53. The summed E-state index contributed by atoms with van der Waals surface area (Å²) < 4.78 is 13.2. The summed E-state index contributed by atoms with van der Waals surface area (Å²) in [6.07, 6.45) is 18.0. The Morgan fingerprint density at radius 1 is 0.744 bits per heavy atom. The standard InChI is InChI=1S/C13H20O3.C11H16O3.C4H5O3.K.H2O/c1-5-6-7-8-9-10-11(14)16-12(15)13(2,3)4;1-3-4-5-6-7-8-10(12)9-11(13)14-2;1-7-4(6)2-3-5;;/h5-8H,9-10H2,1-4H3;3-6H,7-9H2,1-2H3;2H2,1H3;;1H2/q;;-1;+1;/p-1. The predicted molar refractivity (Wildman–Crippen MR) is 143 cm³/mol. The number of carbonyl (C=O) groups excluding carboxylic acids is 6. The van der Waals surface area contributed by atoms with E-state index in [1.54, 1.807) is 20.8 Å². The largest absolute Gasteiger partial charge is 1.00 e. The number of rotatable bonds is 12. The van der Waals surface area contributed by atoms with Crippen LogP contribution in [0, 0.1) is 5.41 Å². The maximum Gasteiger partial charge on any atom is 1.00 e. The van der Waals surface area contributed by atoms with Crippen LogP contribution in [0.4, 0.5) is 0 Å². The van der Waals surface area contributed by atoms with Crippen molar-refractivity contribution in [2.75, 3.05) is 14.2 Å². The molecule has 1 N–H and O–H groups in total. The van der Waals surface area contributed by atoms with E-state index in [-0.39, 0.29) is 81.9 Å². The summed E-state index contributed by atoms with van der Waals surface area (Å²) in [5.74, 6) is -2.04. The van der Waals surface area contributed by atoms with Gasteiger partial charge in [0, 0.05) is 12.8 Å². The zero-order valence-electron chi connectivity index (χ0n) is 24.5. The van der Waals surface area contributed by atoms with Crippen molar-refractivity contribution in [2.24, 2.45) is 5.41 Å². The Morgan fingerprint density at radius 2 is 1.21 bits per heavy atom. The molecule has 0 heterocycles. The molecule has 0 unspecified atom stereocenters. The summed E-state index contributed by atoms with van der Waals surface area (Å²) in [6, 6.07) is 0. The summed E-state index contributed by atoms with van der Waals surface area (Å²) in [6.45, 7) is 8.99. The van der Waals surface area contributed by atoms with Gasteiger partial charge in [-0.15, -0.1) is 0 Å². The van der Waals surface area contributed by atoms with Gasteiger partial charge in [0.15, 0.2) is 0 Å². The zero-order chi connectivity index (χ0) is 29.1. The van der Waals surface area contributed by atoms with Crippen molar-refractivity contribution in [2.45, 2.75) is 73.1 Å². The third-order valence-corrected chi connectivity index (χ3v) is 3.82. The fraction of sp³-hybridized carbons (Fsp3) is 0.500. The summed E-state index contributed by atoms with van der Waals surface area (Å²) in [5.41, 5.74) is -0.629. The van der Waals surface area contributed by atoms with Gasteiger partial charge in [-0.05, 0) is 47.5 Å². The van der Waals surface area contributed by atoms with E-state index >= 15 is 0 Å². The van der Waals surface area contributed by atoms with Crippen LogP contribution in [0.5, 0.6) is 0 Å². The van der Waals surface area contributed by atoms with Gasteiger partial charge in [0.1, 0.15) is 12.2 Å². The molecule has 0 atom stereocenters. The number of hydrogen-bond acceptors (Lipinski definition) is 10. The van der Waals surface area contributed by atoms with E-state index in [1.807, 2.05) is 62.5 Å². The van der Waals surface area contributed by atoms with Crippen LogP contribution in [0.25, 0.3) is 0 Å². The summed E-state index contributed by atoms with van der Waals surface area (Å²) in [4.78, 5) is 63.6. The van der Waals surface area contributed by atoms with Gasteiger partial charge >= 0.3 is 69.3 Å². The molecule has 0 aromatic heterocycles. The molecule has 0 fully saturated rings. The van der Waals surface area contributed by atoms with E-state index in [4.69, 9.17) is 4.74 Å². The molecule has 10 nitrogen and oxygen atoms in total. The molecule has 0 saturated carbocycles. The first-order valence-corrected chi connectivity index (χ1v) is 11.7. The Labute approximate surface area is 275 Å². The first-order chi connectivity index (χ1) is 17.4.